The second kappa shape index (κ2) is 4.18. The average Bonchev–Trinajstić information content (AvgIpc) is 2.55. The number of fused-ring (bicyclic) bond motifs is 1. The van der Waals surface area contributed by atoms with Crippen LogP contribution in [0.15, 0.2) is 24.3 Å². The average molecular weight is 219 g/mol. The van der Waals surface area contributed by atoms with E-state index in [0.717, 1.165) is 17.9 Å². The van der Waals surface area contributed by atoms with Gasteiger partial charge in [-0.25, -0.2) is 0 Å². The van der Waals surface area contributed by atoms with Crippen molar-refractivity contribution in [2.45, 2.75) is 26.7 Å². The maximum atomic E-state index is 9.54. The molecule has 1 atom stereocenters. The minimum Gasteiger partial charge on any atom is -0.445 e. The van der Waals surface area contributed by atoms with Gasteiger partial charge in [0.15, 0.2) is 0 Å². The van der Waals surface area contributed by atoms with E-state index in [9.17, 15) is 5.11 Å². The number of hydrogen-bond donors (Lipinski definition) is 1. The SMILES string of the molecule is CCC=C(C)c1ccc2c(c1)N(C)[C@@H](O)O2. The molecule has 1 aromatic rings. The van der Waals surface area contributed by atoms with Crippen molar-refractivity contribution < 1.29 is 9.84 Å². The zero-order valence-electron chi connectivity index (χ0n) is 9.90. The molecule has 0 unspecified atom stereocenters. The second-order valence-electron chi connectivity index (χ2n) is 4.03. The van der Waals surface area contributed by atoms with Crippen LogP contribution in [0.5, 0.6) is 5.75 Å². The molecule has 3 heteroatoms. The van der Waals surface area contributed by atoms with E-state index in [1.54, 1.807) is 4.90 Å². The summed E-state index contributed by atoms with van der Waals surface area (Å²) in [6.45, 7) is 4.22. The highest BCUT2D eigenvalue weighted by molar-refractivity contribution is 5.72. The number of anilines is 1. The molecule has 1 aromatic carbocycles. The number of allylic oxidation sites excluding steroid dienone is 2. The molecule has 16 heavy (non-hydrogen) atoms. The van der Waals surface area contributed by atoms with Gasteiger partial charge in [0.05, 0.1) is 5.69 Å². The predicted molar refractivity (Wildman–Crippen MR) is 65.4 cm³/mol. The van der Waals surface area contributed by atoms with Gasteiger partial charge in [-0.3, -0.25) is 0 Å². The van der Waals surface area contributed by atoms with Crippen molar-refractivity contribution in [2.24, 2.45) is 0 Å². The molecule has 0 aromatic heterocycles. The molecular formula is C13H17NO2. The van der Waals surface area contributed by atoms with Crippen molar-refractivity contribution in [1.29, 1.82) is 0 Å². The number of hydrogen-bond acceptors (Lipinski definition) is 3. The lowest BCUT2D eigenvalue weighted by atomic mass is 10.1. The molecule has 1 N–H and O–H groups in total. The molecule has 0 radical (unpaired) electrons. The van der Waals surface area contributed by atoms with Crippen LogP contribution >= 0.6 is 0 Å². The van der Waals surface area contributed by atoms with Gasteiger partial charge in [-0.15, -0.1) is 0 Å². The largest absolute Gasteiger partial charge is 0.445 e. The van der Waals surface area contributed by atoms with Crippen LogP contribution in [-0.4, -0.2) is 18.6 Å². The Morgan fingerprint density at radius 1 is 1.56 bits per heavy atom. The summed E-state index contributed by atoms with van der Waals surface area (Å²) < 4.78 is 5.28. The quantitative estimate of drug-likeness (QED) is 0.830. The lowest BCUT2D eigenvalue weighted by molar-refractivity contribution is 0.000985. The highest BCUT2D eigenvalue weighted by atomic mass is 16.6. The van der Waals surface area contributed by atoms with Crippen molar-refractivity contribution in [3.63, 3.8) is 0 Å². The summed E-state index contributed by atoms with van der Waals surface area (Å²) in [5.41, 5.74) is 3.36. The zero-order valence-corrected chi connectivity index (χ0v) is 9.90. The number of benzene rings is 1. The third-order valence-electron chi connectivity index (χ3n) is 2.87. The van der Waals surface area contributed by atoms with Crippen molar-refractivity contribution >= 4 is 11.3 Å². The molecule has 0 amide bonds. The Morgan fingerprint density at radius 2 is 2.31 bits per heavy atom. The molecule has 3 nitrogen and oxygen atoms in total. The molecule has 2 rings (SSSR count). The van der Waals surface area contributed by atoms with E-state index in [-0.39, 0.29) is 0 Å². The Kier molecular flexibility index (Phi) is 2.88. The zero-order chi connectivity index (χ0) is 11.7. The van der Waals surface area contributed by atoms with Gasteiger partial charge in [0.1, 0.15) is 5.75 Å². The number of ether oxygens (including phenoxy) is 1. The van der Waals surface area contributed by atoms with Crippen LogP contribution in [0.4, 0.5) is 5.69 Å². The van der Waals surface area contributed by atoms with Crippen molar-refractivity contribution in [3.05, 3.63) is 29.8 Å². The number of aliphatic hydroxyl groups excluding tert-OH is 1. The van der Waals surface area contributed by atoms with Crippen LogP contribution in [0.25, 0.3) is 5.57 Å². The molecule has 1 heterocycles. The molecule has 1 aliphatic rings. The van der Waals surface area contributed by atoms with Gasteiger partial charge in [0, 0.05) is 7.05 Å². The van der Waals surface area contributed by atoms with E-state index >= 15 is 0 Å². The van der Waals surface area contributed by atoms with E-state index in [1.807, 2.05) is 25.2 Å². The third kappa shape index (κ3) is 1.78. The minimum atomic E-state index is -0.860. The summed E-state index contributed by atoms with van der Waals surface area (Å²) in [5, 5.41) is 9.54. The summed E-state index contributed by atoms with van der Waals surface area (Å²) in [6, 6.07) is 5.98. The molecule has 0 saturated heterocycles. The number of aliphatic hydroxyl groups is 1. The lowest BCUT2D eigenvalue weighted by Gasteiger charge is -2.14. The first kappa shape index (κ1) is 11.0. The summed E-state index contributed by atoms with van der Waals surface area (Å²) in [6.07, 6.45) is 2.35. The fraction of sp³-hybridized carbons (Fsp3) is 0.385. The molecular weight excluding hydrogens is 202 g/mol. The first-order valence-electron chi connectivity index (χ1n) is 5.52. The summed E-state index contributed by atoms with van der Waals surface area (Å²) >= 11 is 0. The van der Waals surface area contributed by atoms with Gasteiger partial charge < -0.3 is 14.7 Å². The minimum absolute atomic E-state index is 0.739. The molecule has 0 fully saturated rings. The summed E-state index contributed by atoms with van der Waals surface area (Å²) in [7, 11) is 1.82. The van der Waals surface area contributed by atoms with E-state index in [4.69, 9.17) is 4.74 Å². The topological polar surface area (TPSA) is 32.7 Å². The maximum Gasteiger partial charge on any atom is 0.281 e. The summed E-state index contributed by atoms with van der Waals surface area (Å²) in [5.74, 6) is 0.739. The van der Waals surface area contributed by atoms with E-state index in [1.165, 1.54) is 11.1 Å². The van der Waals surface area contributed by atoms with Gasteiger partial charge in [-0.2, -0.15) is 0 Å². The standard InChI is InChI=1S/C13H17NO2/c1-4-5-9(2)10-6-7-12-11(8-10)14(3)13(15)16-12/h5-8,13,15H,4H2,1-3H3/t13-/m0/s1. The van der Waals surface area contributed by atoms with Crippen LogP contribution in [0.3, 0.4) is 0 Å². The first-order valence-corrected chi connectivity index (χ1v) is 5.52. The van der Waals surface area contributed by atoms with E-state index in [2.05, 4.69) is 19.9 Å². The van der Waals surface area contributed by atoms with Gasteiger partial charge in [-0.05, 0) is 36.6 Å². The monoisotopic (exact) mass is 219 g/mol. The fourth-order valence-corrected chi connectivity index (χ4v) is 1.87. The Morgan fingerprint density at radius 3 is 3.00 bits per heavy atom. The fourth-order valence-electron chi connectivity index (χ4n) is 1.87. The molecule has 0 spiro atoms. The Balaban J connectivity index is 2.37. The van der Waals surface area contributed by atoms with Crippen molar-refractivity contribution in [2.75, 3.05) is 11.9 Å². The second-order valence-corrected chi connectivity index (χ2v) is 4.03. The van der Waals surface area contributed by atoms with Crippen LogP contribution < -0.4 is 9.64 Å². The van der Waals surface area contributed by atoms with Gasteiger partial charge in [0.25, 0.3) is 6.41 Å². The number of nitrogens with zero attached hydrogens (tertiary/aromatic N) is 1. The van der Waals surface area contributed by atoms with Crippen LogP contribution in [0, 0.1) is 0 Å². The highest BCUT2D eigenvalue weighted by Crippen LogP contribution is 2.37. The van der Waals surface area contributed by atoms with Crippen LogP contribution in [0.2, 0.25) is 0 Å². The predicted octanol–water partition coefficient (Wildman–Crippen LogP) is 2.60. The molecule has 86 valence electrons. The Hall–Kier alpha value is -1.48. The van der Waals surface area contributed by atoms with Crippen LogP contribution in [-0.2, 0) is 0 Å². The number of rotatable bonds is 2. The lowest BCUT2D eigenvalue weighted by Crippen LogP contribution is -2.30. The van der Waals surface area contributed by atoms with E-state index in [0.29, 0.717) is 0 Å². The molecule has 0 saturated carbocycles. The summed E-state index contributed by atoms with van der Waals surface area (Å²) in [4.78, 5) is 1.72. The van der Waals surface area contributed by atoms with Crippen molar-refractivity contribution in [3.8, 4) is 5.75 Å². The highest BCUT2D eigenvalue weighted by Gasteiger charge is 2.25. The Bertz CT molecular complexity index is 426. The first-order chi connectivity index (χ1) is 7.63. The van der Waals surface area contributed by atoms with Crippen molar-refractivity contribution in [1.82, 2.24) is 0 Å². The molecule has 0 aliphatic carbocycles. The Labute approximate surface area is 96.0 Å². The van der Waals surface area contributed by atoms with Gasteiger partial charge in [0.2, 0.25) is 0 Å². The molecule has 1 aliphatic heterocycles. The van der Waals surface area contributed by atoms with Crippen LogP contribution in [0.1, 0.15) is 25.8 Å². The van der Waals surface area contributed by atoms with E-state index < -0.39 is 6.41 Å². The normalized spacial score (nSPS) is 19.6. The third-order valence-corrected chi connectivity index (χ3v) is 2.87. The maximum absolute atomic E-state index is 9.54. The smallest absolute Gasteiger partial charge is 0.281 e. The molecule has 0 bridgehead atoms. The van der Waals surface area contributed by atoms with Gasteiger partial charge >= 0.3 is 0 Å². The van der Waals surface area contributed by atoms with Gasteiger partial charge in [-0.1, -0.05) is 19.1 Å².